The van der Waals surface area contributed by atoms with Crippen molar-refractivity contribution < 1.29 is 17.4 Å². The van der Waals surface area contributed by atoms with Crippen LogP contribution >= 0.6 is 0 Å². The zero-order chi connectivity index (χ0) is 14.0. The van der Waals surface area contributed by atoms with E-state index in [1.807, 2.05) is 18.2 Å². The Morgan fingerprint density at radius 1 is 1.26 bits per heavy atom. The predicted octanol–water partition coefficient (Wildman–Crippen LogP) is 0.529. The van der Waals surface area contributed by atoms with Gasteiger partial charge in [-0.25, -0.2) is 0 Å². The molecule has 0 aliphatic heterocycles. The van der Waals surface area contributed by atoms with Crippen molar-refractivity contribution in [3.63, 3.8) is 0 Å². The highest BCUT2D eigenvalue weighted by atomic mass is 32.2. The van der Waals surface area contributed by atoms with Crippen LogP contribution in [-0.2, 0) is 10.1 Å². The van der Waals surface area contributed by atoms with Gasteiger partial charge in [-0.2, -0.15) is 8.42 Å². The highest BCUT2D eigenvalue weighted by Crippen LogP contribution is 2.34. The minimum atomic E-state index is -3.73. The van der Waals surface area contributed by atoms with Crippen molar-refractivity contribution in [3.8, 4) is 17.0 Å². The Balaban J connectivity index is 2.56. The second-order valence-electron chi connectivity index (χ2n) is 3.79. The smallest absolute Gasteiger partial charge is 0.325 e. The van der Waals surface area contributed by atoms with E-state index in [0.717, 1.165) is 16.7 Å². The molecule has 0 unspecified atom stereocenters. The molecule has 0 atom stereocenters. The lowest BCUT2D eigenvalue weighted by atomic mass is 10.1. The molecule has 8 heteroatoms. The third-order valence-electron chi connectivity index (χ3n) is 2.32. The minimum Gasteiger partial charge on any atom is -0.479 e. The van der Waals surface area contributed by atoms with Crippen LogP contribution < -0.4 is 14.8 Å². The van der Waals surface area contributed by atoms with E-state index in [4.69, 9.17) is 10.5 Å². The van der Waals surface area contributed by atoms with Crippen LogP contribution in [0.25, 0.3) is 11.1 Å². The van der Waals surface area contributed by atoms with Crippen molar-refractivity contribution in [3.05, 3.63) is 30.3 Å². The van der Waals surface area contributed by atoms with Crippen LogP contribution in [-0.4, -0.2) is 31.7 Å². The molecule has 2 aromatic rings. The maximum absolute atomic E-state index is 11.1. The van der Waals surface area contributed by atoms with Crippen LogP contribution in [0.3, 0.4) is 0 Å². The largest absolute Gasteiger partial charge is 0.479 e. The molecular formula is C11H13N3O4S. The molecule has 0 spiro atoms. The van der Waals surface area contributed by atoms with E-state index >= 15 is 0 Å². The topological polar surface area (TPSA) is 96.4 Å². The molecule has 0 aliphatic carbocycles. The predicted molar refractivity (Wildman–Crippen MR) is 70.1 cm³/mol. The van der Waals surface area contributed by atoms with Gasteiger partial charge in [-0.3, -0.25) is 4.28 Å². The van der Waals surface area contributed by atoms with Crippen molar-refractivity contribution in [1.82, 2.24) is 9.94 Å². The normalized spacial score (nSPS) is 11.3. The Hall–Kier alpha value is -2.22. The summed E-state index contributed by atoms with van der Waals surface area (Å²) >= 11 is 0. The standard InChI is InChI=1S/C11H13N3O4S/c1-17-11-9(8-6-4-3-5-7-8)10(12)14(13-11)18-19(2,15)16/h3-7H,12H2,1-2H3. The maximum Gasteiger partial charge on any atom is 0.325 e. The van der Waals surface area contributed by atoms with Gasteiger partial charge in [0, 0.05) is 0 Å². The van der Waals surface area contributed by atoms with Gasteiger partial charge >= 0.3 is 10.1 Å². The average molecular weight is 283 g/mol. The number of benzene rings is 1. The molecule has 102 valence electrons. The highest BCUT2D eigenvalue weighted by molar-refractivity contribution is 7.86. The summed E-state index contributed by atoms with van der Waals surface area (Å²) in [7, 11) is -2.31. The summed E-state index contributed by atoms with van der Waals surface area (Å²) in [5, 5.41) is 3.86. The number of rotatable bonds is 4. The van der Waals surface area contributed by atoms with Gasteiger partial charge in [0.15, 0.2) is 5.82 Å². The molecule has 0 bridgehead atoms. The number of nitrogen functional groups attached to an aromatic ring is 1. The Morgan fingerprint density at radius 3 is 2.42 bits per heavy atom. The Morgan fingerprint density at radius 2 is 1.89 bits per heavy atom. The first kappa shape index (κ1) is 13.2. The van der Waals surface area contributed by atoms with Crippen molar-refractivity contribution in [1.29, 1.82) is 0 Å². The number of nitrogens with zero attached hydrogens (tertiary/aromatic N) is 2. The van der Waals surface area contributed by atoms with E-state index in [9.17, 15) is 8.42 Å². The van der Waals surface area contributed by atoms with Crippen molar-refractivity contribution in [2.24, 2.45) is 0 Å². The molecule has 0 amide bonds. The molecule has 1 aromatic carbocycles. The Labute approximate surface area is 110 Å². The molecule has 2 rings (SSSR count). The first-order valence-corrected chi connectivity index (χ1v) is 7.12. The summed E-state index contributed by atoms with van der Waals surface area (Å²) in [6.45, 7) is 0. The van der Waals surface area contributed by atoms with Gasteiger partial charge in [0.2, 0.25) is 5.88 Å². The number of nitrogens with two attached hydrogens (primary N) is 1. The van der Waals surface area contributed by atoms with E-state index in [2.05, 4.69) is 9.38 Å². The van der Waals surface area contributed by atoms with Gasteiger partial charge in [0.1, 0.15) is 0 Å². The third-order valence-corrected chi connectivity index (χ3v) is 2.73. The van der Waals surface area contributed by atoms with E-state index in [1.54, 1.807) is 12.1 Å². The lowest BCUT2D eigenvalue weighted by Gasteiger charge is -2.03. The number of ether oxygens (including phenoxy) is 1. The molecule has 19 heavy (non-hydrogen) atoms. The number of methoxy groups -OCH3 is 1. The molecule has 1 heterocycles. The number of anilines is 1. The van der Waals surface area contributed by atoms with Crippen molar-refractivity contribution in [2.75, 3.05) is 19.1 Å². The quantitative estimate of drug-likeness (QED) is 0.879. The number of hydrogen-bond acceptors (Lipinski definition) is 6. The van der Waals surface area contributed by atoms with Gasteiger partial charge in [-0.1, -0.05) is 40.3 Å². The van der Waals surface area contributed by atoms with Crippen LogP contribution in [0.4, 0.5) is 5.82 Å². The summed E-state index contributed by atoms with van der Waals surface area (Å²) in [6.07, 6.45) is 0.906. The third kappa shape index (κ3) is 2.79. The molecule has 0 saturated carbocycles. The molecule has 0 aliphatic rings. The monoisotopic (exact) mass is 283 g/mol. The summed E-state index contributed by atoms with van der Waals surface area (Å²) in [5.74, 6) is 0.237. The van der Waals surface area contributed by atoms with Gasteiger partial charge in [-0.15, -0.1) is 0 Å². The van der Waals surface area contributed by atoms with E-state index in [1.165, 1.54) is 7.11 Å². The second-order valence-corrected chi connectivity index (χ2v) is 5.34. The van der Waals surface area contributed by atoms with E-state index in [-0.39, 0.29) is 11.7 Å². The average Bonchev–Trinajstić information content (AvgIpc) is 2.65. The maximum atomic E-state index is 11.1. The van der Waals surface area contributed by atoms with Crippen LogP contribution in [0.5, 0.6) is 5.88 Å². The number of hydrogen-bond donors (Lipinski definition) is 1. The van der Waals surface area contributed by atoms with Crippen LogP contribution in [0, 0.1) is 0 Å². The van der Waals surface area contributed by atoms with Crippen LogP contribution in [0.2, 0.25) is 0 Å². The first-order valence-electron chi connectivity index (χ1n) is 5.30. The fourth-order valence-corrected chi connectivity index (χ4v) is 1.97. The van der Waals surface area contributed by atoms with Gasteiger partial charge in [0.05, 0.1) is 18.9 Å². The molecule has 0 saturated heterocycles. The zero-order valence-corrected chi connectivity index (χ0v) is 11.2. The highest BCUT2D eigenvalue weighted by Gasteiger charge is 2.21. The lowest BCUT2D eigenvalue weighted by molar-refractivity contribution is 0.239. The summed E-state index contributed by atoms with van der Waals surface area (Å²) in [5.41, 5.74) is 7.08. The first-order chi connectivity index (χ1) is 8.92. The molecule has 0 fully saturated rings. The van der Waals surface area contributed by atoms with Gasteiger partial charge in [-0.05, 0) is 5.56 Å². The molecular weight excluding hydrogens is 270 g/mol. The Kier molecular flexibility index (Phi) is 3.34. The van der Waals surface area contributed by atoms with E-state index in [0.29, 0.717) is 5.56 Å². The molecule has 2 N–H and O–H groups in total. The van der Waals surface area contributed by atoms with Crippen molar-refractivity contribution in [2.45, 2.75) is 0 Å². The Bertz CT molecular complexity index is 679. The van der Waals surface area contributed by atoms with E-state index < -0.39 is 10.1 Å². The minimum absolute atomic E-state index is 0.0495. The second kappa shape index (κ2) is 4.81. The summed E-state index contributed by atoms with van der Waals surface area (Å²) in [6, 6.07) is 9.11. The summed E-state index contributed by atoms with van der Waals surface area (Å²) < 4.78 is 32.0. The molecule has 1 aromatic heterocycles. The molecule has 0 radical (unpaired) electrons. The van der Waals surface area contributed by atoms with Gasteiger partial charge in [0.25, 0.3) is 0 Å². The van der Waals surface area contributed by atoms with Crippen molar-refractivity contribution >= 4 is 15.9 Å². The summed E-state index contributed by atoms with van der Waals surface area (Å²) in [4.78, 5) is 0.733. The van der Waals surface area contributed by atoms with Gasteiger partial charge < -0.3 is 10.5 Å². The fraction of sp³-hybridized carbons (Fsp3) is 0.182. The number of aromatic nitrogens is 2. The lowest BCUT2D eigenvalue weighted by Crippen LogP contribution is -2.21. The molecule has 7 nitrogen and oxygen atoms in total. The van der Waals surface area contributed by atoms with Crippen LogP contribution in [0.1, 0.15) is 0 Å². The SMILES string of the molecule is COc1nn(OS(C)(=O)=O)c(N)c1-c1ccccc1. The van der Waals surface area contributed by atoms with Crippen LogP contribution in [0.15, 0.2) is 30.3 Å². The fourth-order valence-electron chi connectivity index (χ4n) is 1.60. The zero-order valence-electron chi connectivity index (χ0n) is 10.4.